The van der Waals surface area contributed by atoms with Crippen LogP contribution >= 0.6 is 0 Å². The van der Waals surface area contributed by atoms with Gasteiger partial charge in [-0.3, -0.25) is 0 Å². The number of rotatable bonds is 6. The zero-order valence-corrected chi connectivity index (χ0v) is 16.5. The number of aryl methyl sites for hydroxylation is 1. The van der Waals surface area contributed by atoms with Crippen LogP contribution in [0.1, 0.15) is 29.2 Å². The van der Waals surface area contributed by atoms with Gasteiger partial charge in [0, 0.05) is 11.1 Å². The van der Waals surface area contributed by atoms with Gasteiger partial charge in [0.2, 0.25) is 0 Å². The molecule has 0 bridgehead atoms. The first kappa shape index (κ1) is 20.8. The predicted octanol–water partition coefficient (Wildman–Crippen LogP) is 4.10. The average Bonchev–Trinajstić information content (AvgIpc) is 2.71. The molecular weight excluding hydrogens is 354 g/mol. The molecule has 0 saturated carbocycles. The van der Waals surface area contributed by atoms with Crippen LogP contribution in [0, 0.1) is 18.8 Å². The highest BCUT2D eigenvalue weighted by atomic mass is 16.6. The van der Waals surface area contributed by atoms with E-state index < -0.39 is 5.97 Å². The molecule has 0 fully saturated rings. The zero-order valence-electron chi connectivity index (χ0n) is 16.5. The van der Waals surface area contributed by atoms with Gasteiger partial charge in [0.25, 0.3) is 0 Å². The van der Waals surface area contributed by atoms with E-state index in [4.69, 9.17) is 14.3 Å². The lowest BCUT2D eigenvalue weighted by molar-refractivity contribution is -0.133. The third kappa shape index (κ3) is 6.03. The third-order valence-electron chi connectivity index (χ3n) is 3.81. The molecule has 0 spiro atoms. The van der Waals surface area contributed by atoms with Crippen molar-refractivity contribution in [2.24, 2.45) is 5.16 Å². The van der Waals surface area contributed by atoms with Gasteiger partial charge in [0.1, 0.15) is 17.9 Å². The van der Waals surface area contributed by atoms with E-state index in [-0.39, 0.29) is 6.61 Å². The van der Waals surface area contributed by atoms with Crippen LogP contribution in [0.2, 0.25) is 0 Å². The summed E-state index contributed by atoms with van der Waals surface area (Å²) in [5.74, 6) is 5.51. The zero-order chi connectivity index (χ0) is 20.4. The lowest BCUT2D eigenvalue weighted by Crippen LogP contribution is -2.07. The Balaban J connectivity index is 2.11. The molecule has 0 aliphatic carbocycles. The fourth-order valence-electron chi connectivity index (χ4n) is 2.38. The van der Waals surface area contributed by atoms with Crippen LogP contribution in [0.5, 0.6) is 0 Å². The normalized spacial score (nSPS) is 11.3. The van der Waals surface area contributed by atoms with Gasteiger partial charge in [-0.25, -0.2) is 4.79 Å². The molecule has 2 aromatic carbocycles. The van der Waals surface area contributed by atoms with Gasteiger partial charge < -0.3 is 14.3 Å². The lowest BCUT2D eigenvalue weighted by Gasteiger charge is -2.10. The maximum atomic E-state index is 12.0. The maximum absolute atomic E-state index is 12.0. The molecule has 0 aliphatic rings. The molecule has 0 heterocycles. The Morgan fingerprint density at radius 2 is 1.82 bits per heavy atom. The largest absolute Gasteiger partial charge is 0.503 e. The van der Waals surface area contributed by atoms with Crippen LogP contribution in [-0.2, 0) is 25.7 Å². The molecule has 0 atom stereocenters. The van der Waals surface area contributed by atoms with E-state index in [1.807, 2.05) is 49.4 Å². The smallest absolute Gasteiger partial charge is 0.341 e. The summed E-state index contributed by atoms with van der Waals surface area (Å²) in [6, 6.07) is 15.3. The highest BCUT2D eigenvalue weighted by Crippen LogP contribution is 2.21. The first-order chi connectivity index (χ1) is 13.5. The molecule has 28 heavy (non-hydrogen) atoms. The van der Waals surface area contributed by atoms with Crippen LogP contribution in [0.3, 0.4) is 0 Å². The Morgan fingerprint density at radius 1 is 1.11 bits per heavy atom. The van der Waals surface area contributed by atoms with Crippen molar-refractivity contribution in [1.82, 2.24) is 0 Å². The molecule has 2 aromatic rings. The molecule has 0 radical (unpaired) electrons. The number of methoxy groups -OCH3 is 2. The molecule has 0 aromatic heterocycles. The van der Waals surface area contributed by atoms with Gasteiger partial charge in [-0.1, -0.05) is 53.0 Å². The first-order valence-electron chi connectivity index (χ1n) is 8.70. The molecule has 0 aliphatic heterocycles. The molecule has 0 saturated heterocycles. The number of esters is 1. The number of carbonyl (C=O) groups excluding carboxylic acids is 1. The van der Waals surface area contributed by atoms with E-state index in [1.165, 1.54) is 26.0 Å². The van der Waals surface area contributed by atoms with Crippen LogP contribution in [0.4, 0.5) is 0 Å². The van der Waals surface area contributed by atoms with Crippen molar-refractivity contribution in [1.29, 1.82) is 0 Å². The Hall–Kier alpha value is -3.52. The van der Waals surface area contributed by atoms with Crippen molar-refractivity contribution in [3.8, 4) is 11.8 Å². The average molecular weight is 377 g/mol. The quantitative estimate of drug-likeness (QED) is 0.190. The molecular formula is C23H23NO4. The van der Waals surface area contributed by atoms with Crippen LogP contribution in [0.15, 0.2) is 59.9 Å². The number of hydrogen-bond acceptors (Lipinski definition) is 5. The van der Waals surface area contributed by atoms with E-state index in [2.05, 4.69) is 17.0 Å². The minimum atomic E-state index is -0.488. The summed E-state index contributed by atoms with van der Waals surface area (Å²) in [4.78, 5) is 17.5. The van der Waals surface area contributed by atoms with Crippen LogP contribution in [-0.4, -0.2) is 25.9 Å². The number of oxime groups is 1. The molecule has 144 valence electrons. The van der Waals surface area contributed by atoms with Crippen molar-refractivity contribution in [3.05, 3.63) is 77.0 Å². The van der Waals surface area contributed by atoms with Crippen molar-refractivity contribution >= 4 is 17.3 Å². The van der Waals surface area contributed by atoms with Crippen molar-refractivity contribution < 1.29 is 19.1 Å². The molecule has 2 rings (SSSR count). The van der Waals surface area contributed by atoms with Gasteiger partial charge >= 0.3 is 5.97 Å². The Kier molecular flexibility index (Phi) is 7.86. The second-order valence-corrected chi connectivity index (χ2v) is 5.98. The Bertz CT molecular complexity index is 931. The highest BCUT2D eigenvalue weighted by Gasteiger charge is 2.16. The first-order valence-corrected chi connectivity index (χ1v) is 8.70. The highest BCUT2D eigenvalue weighted by molar-refractivity contribution is 6.16. The van der Waals surface area contributed by atoms with Gasteiger partial charge in [-0.05, 0) is 37.5 Å². The number of benzene rings is 2. The number of ether oxygens (including phenoxy) is 2. The van der Waals surface area contributed by atoms with E-state index in [0.717, 1.165) is 11.1 Å². The monoisotopic (exact) mass is 377 g/mol. The van der Waals surface area contributed by atoms with Gasteiger partial charge in [-0.15, -0.1) is 0 Å². The molecule has 0 N–H and O–H groups in total. The second kappa shape index (κ2) is 10.6. The summed E-state index contributed by atoms with van der Waals surface area (Å²) in [7, 11) is 2.80. The summed E-state index contributed by atoms with van der Waals surface area (Å²) in [5.41, 5.74) is 4.40. The van der Waals surface area contributed by atoms with Crippen LogP contribution in [0.25, 0.3) is 5.57 Å². The SMILES string of the molecule is CO/C=C(/C(=O)OC)c1ccccc1CO/N=C(\C)C#Cc1ccc(C)cc1. The van der Waals surface area contributed by atoms with Gasteiger partial charge in [0.05, 0.1) is 20.5 Å². The minimum Gasteiger partial charge on any atom is -0.503 e. The summed E-state index contributed by atoms with van der Waals surface area (Å²) in [6.45, 7) is 3.98. The fraction of sp³-hybridized carbons (Fsp3) is 0.217. The molecule has 0 unspecified atom stereocenters. The minimum absolute atomic E-state index is 0.178. The predicted molar refractivity (Wildman–Crippen MR) is 109 cm³/mol. The van der Waals surface area contributed by atoms with E-state index in [9.17, 15) is 4.79 Å². The molecule has 5 nitrogen and oxygen atoms in total. The van der Waals surface area contributed by atoms with Crippen molar-refractivity contribution in [2.45, 2.75) is 20.5 Å². The Labute approximate surface area is 165 Å². The van der Waals surface area contributed by atoms with E-state index >= 15 is 0 Å². The summed E-state index contributed by atoms with van der Waals surface area (Å²) < 4.78 is 9.84. The number of hydrogen-bond donors (Lipinski definition) is 0. The van der Waals surface area contributed by atoms with Crippen LogP contribution < -0.4 is 0 Å². The second-order valence-electron chi connectivity index (χ2n) is 5.98. The third-order valence-corrected chi connectivity index (χ3v) is 3.81. The summed E-state index contributed by atoms with van der Waals surface area (Å²) >= 11 is 0. The topological polar surface area (TPSA) is 57.1 Å². The number of nitrogens with zero attached hydrogens (tertiary/aromatic N) is 1. The maximum Gasteiger partial charge on any atom is 0.341 e. The molecule has 0 amide bonds. The van der Waals surface area contributed by atoms with Crippen molar-refractivity contribution in [3.63, 3.8) is 0 Å². The Morgan fingerprint density at radius 3 is 2.50 bits per heavy atom. The summed E-state index contributed by atoms with van der Waals surface area (Å²) in [6.07, 6.45) is 1.35. The lowest BCUT2D eigenvalue weighted by atomic mass is 10.0. The fourth-order valence-corrected chi connectivity index (χ4v) is 2.38. The van der Waals surface area contributed by atoms with Gasteiger partial charge in [0.15, 0.2) is 0 Å². The molecule has 5 heteroatoms. The summed E-state index contributed by atoms with van der Waals surface area (Å²) in [5, 5.41) is 4.04. The van der Waals surface area contributed by atoms with Gasteiger partial charge in [-0.2, -0.15) is 0 Å². The van der Waals surface area contributed by atoms with E-state index in [1.54, 1.807) is 13.0 Å². The van der Waals surface area contributed by atoms with E-state index in [0.29, 0.717) is 16.8 Å². The standard InChI is InChI=1S/C23H23NO4/c1-17-9-12-19(13-10-17)14-11-18(2)24-28-15-20-7-5-6-8-21(20)22(16-26-3)23(25)27-4/h5-10,12-13,16H,15H2,1-4H3/b22-16+,24-18+. The van der Waals surface area contributed by atoms with Crippen molar-refractivity contribution in [2.75, 3.05) is 14.2 Å². The number of carbonyl (C=O) groups is 1.